The van der Waals surface area contributed by atoms with E-state index in [1.807, 2.05) is 18.2 Å². The molecule has 4 heteroatoms. The Balaban J connectivity index is 0.00000324. The van der Waals surface area contributed by atoms with Gasteiger partial charge in [-0.15, -0.1) is 12.4 Å². The molecule has 0 aliphatic heterocycles. The molecule has 3 nitrogen and oxygen atoms in total. The van der Waals surface area contributed by atoms with Crippen molar-refractivity contribution in [3.63, 3.8) is 0 Å². The minimum Gasteiger partial charge on any atom is -0.493 e. The number of fused-ring (bicyclic) bond motifs is 1. The third kappa shape index (κ3) is 6.83. The van der Waals surface area contributed by atoms with Gasteiger partial charge in [-0.1, -0.05) is 97.1 Å². The standard InChI is InChI=1S/C30H33NO2.ClH/c1-31(2)28(25-13-5-3-6-14-25)20-22-32-29(26-15-7-4-8-16-26)21-23-33-30-19-11-17-24-12-9-10-18-27(24)30;/h3-19,28-29H,20-23H2,1-2H3;1H. The van der Waals surface area contributed by atoms with Gasteiger partial charge >= 0.3 is 0 Å². The molecule has 0 heterocycles. The number of hydrogen-bond acceptors (Lipinski definition) is 3. The van der Waals surface area contributed by atoms with Gasteiger partial charge in [-0.25, -0.2) is 0 Å². The van der Waals surface area contributed by atoms with Crippen molar-refractivity contribution in [2.45, 2.75) is 25.0 Å². The second kappa shape index (κ2) is 13.1. The van der Waals surface area contributed by atoms with Crippen LogP contribution in [0.3, 0.4) is 0 Å². The molecule has 0 saturated heterocycles. The van der Waals surface area contributed by atoms with E-state index in [0.717, 1.165) is 24.0 Å². The monoisotopic (exact) mass is 475 g/mol. The quantitative estimate of drug-likeness (QED) is 0.224. The molecular weight excluding hydrogens is 442 g/mol. The summed E-state index contributed by atoms with van der Waals surface area (Å²) in [7, 11) is 4.26. The number of rotatable bonds is 11. The molecule has 4 rings (SSSR count). The van der Waals surface area contributed by atoms with E-state index in [0.29, 0.717) is 19.3 Å². The highest BCUT2D eigenvalue weighted by atomic mass is 35.5. The van der Waals surface area contributed by atoms with E-state index in [1.165, 1.54) is 16.5 Å². The molecule has 178 valence electrons. The molecule has 0 spiro atoms. The summed E-state index contributed by atoms with van der Waals surface area (Å²) in [5.41, 5.74) is 2.52. The van der Waals surface area contributed by atoms with Crippen molar-refractivity contribution in [1.29, 1.82) is 0 Å². The van der Waals surface area contributed by atoms with Crippen LogP contribution in [0, 0.1) is 0 Å². The molecule has 0 amide bonds. The molecule has 2 atom stereocenters. The lowest BCUT2D eigenvalue weighted by atomic mass is 10.0. The normalized spacial score (nSPS) is 12.8. The van der Waals surface area contributed by atoms with Crippen molar-refractivity contribution in [3.8, 4) is 5.75 Å². The Bertz CT molecular complexity index is 1110. The first kappa shape index (κ1) is 25.8. The van der Waals surface area contributed by atoms with Gasteiger partial charge in [-0.05, 0) is 43.1 Å². The minimum absolute atomic E-state index is 0. The van der Waals surface area contributed by atoms with Crippen LogP contribution >= 0.6 is 12.4 Å². The molecule has 4 aromatic carbocycles. The fraction of sp³-hybridized carbons (Fsp3) is 0.267. The van der Waals surface area contributed by atoms with Crippen LogP contribution in [0.1, 0.15) is 36.1 Å². The molecule has 0 aliphatic carbocycles. The zero-order valence-corrected chi connectivity index (χ0v) is 20.8. The van der Waals surface area contributed by atoms with Gasteiger partial charge in [0.2, 0.25) is 0 Å². The first-order chi connectivity index (χ1) is 16.2. The van der Waals surface area contributed by atoms with Crippen molar-refractivity contribution in [3.05, 3.63) is 114 Å². The maximum atomic E-state index is 6.45. The Morgan fingerprint density at radius 2 is 1.26 bits per heavy atom. The van der Waals surface area contributed by atoms with Gasteiger partial charge in [0, 0.05) is 24.5 Å². The Morgan fingerprint density at radius 3 is 1.97 bits per heavy atom. The smallest absolute Gasteiger partial charge is 0.127 e. The SMILES string of the molecule is CN(C)C(CCOC(CCOc1cccc2ccccc12)c1ccccc1)c1ccccc1.Cl. The van der Waals surface area contributed by atoms with Crippen molar-refractivity contribution >= 4 is 23.2 Å². The molecule has 34 heavy (non-hydrogen) atoms. The van der Waals surface area contributed by atoms with E-state index in [-0.39, 0.29) is 18.5 Å². The molecule has 0 N–H and O–H groups in total. The van der Waals surface area contributed by atoms with Crippen LogP contribution in [0.5, 0.6) is 5.75 Å². The van der Waals surface area contributed by atoms with Crippen LogP contribution in [-0.2, 0) is 4.74 Å². The van der Waals surface area contributed by atoms with E-state index in [9.17, 15) is 0 Å². The second-order valence-corrected chi connectivity index (χ2v) is 8.56. The lowest BCUT2D eigenvalue weighted by molar-refractivity contribution is 0.0263. The van der Waals surface area contributed by atoms with Crippen LogP contribution in [0.25, 0.3) is 10.8 Å². The van der Waals surface area contributed by atoms with Crippen LogP contribution < -0.4 is 4.74 Å². The Morgan fingerprint density at radius 1 is 0.647 bits per heavy atom. The van der Waals surface area contributed by atoms with Crippen molar-refractivity contribution in [1.82, 2.24) is 4.90 Å². The summed E-state index contributed by atoms with van der Waals surface area (Å²) in [6, 6.07) is 36.0. The van der Waals surface area contributed by atoms with Gasteiger partial charge in [-0.2, -0.15) is 0 Å². The summed E-state index contributed by atoms with van der Waals surface area (Å²) < 4.78 is 12.7. The summed E-state index contributed by atoms with van der Waals surface area (Å²) in [5.74, 6) is 0.927. The third-order valence-electron chi connectivity index (χ3n) is 6.08. The van der Waals surface area contributed by atoms with Crippen LogP contribution in [-0.4, -0.2) is 32.2 Å². The lowest BCUT2D eigenvalue weighted by Gasteiger charge is -2.26. The van der Waals surface area contributed by atoms with Gasteiger partial charge < -0.3 is 14.4 Å². The summed E-state index contributed by atoms with van der Waals surface area (Å²) >= 11 is 0. The topological polar surface area (TPSA) is 21.7 Å². The van der Waals surface area contributed by atoms with E-state index >= 15 is 0 Å². The molecule has 0 saturated carbocycles. The number of nitrogens with zero attached hydrogens (tertiary/aromatic N) is 1. The summed E-state index contributed by atoms with van der Waals surface area (Å²) in [6.07, 6.45) is 1.73. The minimum atomic E-state index is -0.000220. The predicted octanol–water partition coefficient (Wildman–Crippen LogP) is 7.48. The van der Waals surface area contributed by atoms with E-state index in [4.69, 9.17) is 9.47 Å². The highest BCUT2D eigenvalue weighted by molar-refractivity contribution is 5.88. The maximum absolute atomic E-state index is 6.45. The summed E-state index contributed by atoms with van der Waals surface area (Å²) in [6.45, 7) is 1.29. The summed E-state index contributed by atoms with van der Waals surface area (Å²) in [4.78, 5) is 2.26. The molecule has 0 aliphatic rings. The van der Waals surface area contributed by atoms with Gasteiger partial charge in [0.05, 0.1) is 12.7 Å². The lowest BCUT2D eigenvalue weighted by Crippen LogP contribution is -2.22. The Hall–Kier alpha value is -2.85. The maximum Gasteiger partial charge on any atom is 0.127 e. The molecule has 0 fully saturated rings. The third-order valence-corrected chi connectivity index (χ3v) is 6.08. The number of ether oxygens (including phenoxy) is 2. The van der Waals surface area contributed by atoms with Gasteiger partial charge in [-0.3, -0.25) is 0 Å². The van der Waals surface area contributed by atoms with E-state index in [2.05, 4.69) is 104 Å². The molecule has 0 radical (unpaired) electrons. The van der Waals surface area contributed by atoms with Crippen molar-refractivity contribution in [2.24, 2.45) is 0 Å². The first-order valence-corrected chi connectivity index (χ1v) is 11.7. The fourth-order valence-corrected chi connectivity index (χ4v) is 4.33. The number of benzene rings is 4. The molecule has 0 bridgehead atoms. The van der Waals surface area contributed by atoms with Crippen LogP contribution in [0.4, 0.5) is 0 Å². The Labute approximate surface area is 209 Å². The molecule has 2 unspecified atom stereocenters. The van der Waals surface area contributed by atoms with Gasteiger partial charge in [0.25, 0.3) is 0 Å². The second-order valence-electron chi connectivity index (χ2n) is 8.56. The van der Waals surface area contributed by atoms with Crippen LogP contribution in [0.2, 0.25) is 0 Å². The zero-order chi connectivity index (χ0) is 22.9. The van der Waals surface area contributed by atoms with Gasteiger partial charge in [0.1, 0.15) is 5.75 Å². The molecule has 0 aromatic heterocycles. The average molecular weight is 476 g/mol. The Kier molecular flexibility index (Phi) is 9.96. The van der Waals surface area contributed by atoms with Crippen LogP contribution in [0.15, 0.2) is 103 Å². The highest BCUT2D eigenvalue weighted by Gasteiger charge is 2.17. The zero-order valence-electron chi connectivity index (χ0n) is 20.0. The number of halogens is 1. The number of hydrogen-bond donors (Lipinski definition) is 0. The fourth-order valence-electron chi connectivity index (χ4n) is 4.33. The predicted molar refractivity (Wildman–Crippen MR) is 144 cm³/mol. The average Bonchev–Trinajstić information content (AvgIpc) is 2.86. The highest BCUT2D eigenvalue weighted by Crippen LogP contribution is 2.28. The van der Waals surface area contributed by atoms with Crippen molar-refractivity contribution in [2.75, 3.05) is 27.3 Å². The van der Waals surface area contributed by atoms with Crippen molar-refractivity contribution < 1.29 is 9.47 Å². The largest absolute Gasteiger partial charge is 0.493 e. The molecule has 4 aromatic rings. The van der Waals surface area contributed by atoms with Gasteiger partial charge in [0.15, 0.2) is 0 Å². The molecular formula is C30H34ClNO2. The first-order valence-electron chi connectivity index (χ1n) is 11.7. The summed E-state index contributed by atoms with van der Waals surface area (Å²) in [5, 5.41) is 2.34. The van der Waals surface area contributed by atoms with E-state index < -0.39 is 0 Å². The van der Waals surface area contributed by atoms with E-state index in [1.54, 1.807) is 0 Å².